The molecule has 0 radical (unpaired) electrons. The summed E-state index contributed by atoms with van der Waals surface area (Å²) in [5.41, 5.74) is 1.68. The van der Waals surface area contributed by atoms with Gasteiger partial charge >= 0.3 is 0 Å². The Kier molecular flexibility index (Phi) is 5.99. The van der Waals surface area contributed by atoms with Gasteiger partial charge in [0.15, 0.2) is 0 Å². The third kappa shape index (κ3) is 4.58. The van der Waals surface area contributed by atoms with Crippen molar-refractivity contribution in [2.75, 3.05) is 0 Å². The average molecular weight is 302 g/mol. The summed E-state index contributed by atoms with van der Waals surface area (Å²) >= 11 is 0. The zero-order chi connectivity index (χ0) is 15.9. The maximum atomic E-state index is 12.0. The van der Waals surface area contributed by atoms with E-state index in [2.05, 4.69) is 10.6 Å². The van der Waals surface area contributed by atoms with Crippen LogP contribution in [0.4, 0.5) is 0 Å². The molecule has 0 heterocycles. The van der Waals surface area contributed by atoms with Crippen LogP contribution in [0.3, 0.4) is 0 Å². The highest BCUT2D eigenvalue weighted by molar-refractivity contribution is 5.94. The van der Waals surface area contributed by atoms with Crippen LogP contribution in [0.2, 0.25) is 0 Å². The van der Waals surface area contributed by atoms with Crippen LogP contribution in [0.1, 0.15) is 61.9 Å². The smallest absolute Gasteiger partial charge is 0.251 e. The molecule has 22 heavy (non-hydrogen) atoms. The van der Waals surface area contributed by atoms with Crippen molar-refractivity contribution in [1.29, 1.82) is 0 Å². The Balaban J connectivity index is 1.83. The van der Waals surface area contributed by atoms with E-state index < -0.39 is 0 Å². The van der Waals surface area contributed by atoms with E-state index in [1.54, 1.807) is 0 Å². The summed E-state index contributed by atoms with van der Waals surface area (Å²) in [5, 5.41) is 5.94. The molecule has 1 aromatic carbocycles. The molecule has 0 aliphatic heterocycles. The van der Waals surface area contributed by atoms with Gasteiger partial charge in [-0.25, -0.2) is 0 Å². The average Bonchev–Trinajstić information content (AvgIpc) is 3.07. The van der Waals surface area contributed by atoms with E-state index in [1.807, 2.05) is 38.1 Å². The molecule has 1 saturated carbocycles. The van der Waals surface area contributed by atoms with Gasteiger partial charge in [-0.1, -0.05) is 31.9 Å². The third-order valence-corrected chi connectivity index (χ3v) is 4.40. The first-order valence-corrected chi connectivity index (χ1v) is 8.27. The zero-order valence-corrected chi connectivity index (χ0v) is 13.5. The van der Waals surface area contributed by atoms with Crippen LogP contribution in [-0.4, -0.2) is 17.9 Å². The molecule has 2 N–H and O–H groups in total. The van der Waals surface area contributed by atoms with E-state index in [1.165, 1.54) is 0 Å². The minimum absolute atomic E-state index is 0.0455. The number of amides is 2. The Morgan fingerprint density at radius 2 is 1.82 bits per heavy atom. The molecule has 0 aromatic heterocycles. The summed E-state index contributed by atoms with van der Waals surface area (Å²) in [6.07, 6.45) is 5.27. The second-order valence-corrected chi connectivity index (χ2v) is 6.18. The van der Waals surface area contributed by atoms with Crippen molar-refractivity contribution < 1.29 is 9.59 Å². The van der Waals surface area contributed by atoms with E-state index in [0.29, 0.717) is 12.1 Å². The molecular weight excluding hydrogens is 276 g/mol. The van der Waals surface area contributed by atoms with Gasteiger partial charge in [-0.2, -0.15) is 0 Å². The Bertz CT molecular complexity index is 504. The highest BCUT2D eigenvalue weighted by Crippen LogP contribution is 2.24. The molecule has 4 nitrogen and oxygen atoms in total. The van der Waals surface area contributed by atoms with E-state index in [9.17, 15) is 9.59 Å². The lowest BCUT2D eigenvalue weighted by atomic mass is 10.1. The molecule has 0 bridgehead atoms. The van der Waals surface area contributed by atoms with Gasteiger partial charge in [0, 0.05) is 24.1 Å². The van der Waals surface area contributed by atoms with Crippen LogP contribution in [0.25, 0.3) is 0 Å². The molecule has 1 atom stereocenters. The number of nitrogens with one attached hydrogen (secondary N) is 2. The van der Waals surface area contributed by atoms with Gasteiger partial charge in [0.25, 0.3) is 5.91 Å². The lowest BCUT2D eigenvalue weighted by molar-refractivity contribution is -0.124. The molecule has 0 saturated heterocycles. The van der Waals surface area contributed by atoms with Gasteiger partial charge in [0.05, 0.1) is 0 Å². The molecular formula is C18H26N2O2. The molecule has 1 aliphatic rings. The predicted octanol–water partition coefficient (Wildman–Crippen LogP) is 3.02. The van der Waals surface area contributed by atoms with Crippen molar-refractivity contribution in [3.05, 3.63) is 35.4 Å². The highest BCUT2D eigenvalue weighted by atomic mass is 16.2. The van der Waals surface area contributed by atoms with Crippen LogP contribution in [0.15, 0.2) is 24.3 Å². The number of carbonyl (C=O) groups excluding carboxylic acids is 2. The second kappa shape index (κ2) is 7.97. The molecule has 2 rings (SSSR count). The number of benzene rings is 1. The molecule has 0 unspecified atom stereocenters. The van der Waals surface area contributed by atoms with Crippen LogP contribution >= 0.6 is 0 Å². The zero-order valence-electron chi connectivity index (χ0n) is 13.5. The molecule has 0 spiro atoms. The lowest BCUT2D eigenvalue weighted by Gasteiger charge is -2.12. The van der Waals surface area contributed by atoms with Crippen molar-refractivity contribution in [2.45, 2.75) is 58.5 Å². The fourth-order valence-corrected chi connectivity index (χ4v) is 2.70. The van der Waals surface area contributed by atoms with E-state index >= 15 is 0 Å². The second-order valence-electron chi connectivity index (χ2n) is 6.18. The van der Waals surface area contributed by atoms with Gasteiger partial charge in [-0.15, -0.1) is 0 Å². The van der Waals surface area contributed by atoms with Crippen LogP contribution in [0, 0.1) is 5.92 Å². The third-order valence-electron chi connectivity index (χ3n) is 4.40. The van der Waals surface area contributed by atoms with Gasteiger partial charge in [0.1, 0.15) is 0 Å². The summed E-state index contributed by atoms with van der Waals surface area (Å²) < 4.78 is 0. The molecule has 1 aliphatic carbocycles. The van der Waals surface area contributed by atoms with Crippen molar-refractivity contribution in [2.24, 2.45) is 5.92 Å². The van der Waals surface area contributed by atoms with Crippen LogP contribution in [0.5, 0.6) is 0 Å². The first-order chi connectivity index (χ1) is 10.6. The van der Waals surface area contributed by atoms with Crippen LogP contribution < -0.4 is 10.6 Å². The summed E-state index contributed by atoms with van der Waals surface area (Å²) in [5.74, 6) is 0.313. The van der Waals surface area contributed by atoms with Gasteiger partial charge in [-0.05, 0) is 43.9 Å². The van der Waals surface area contributed by atoms with E-state index in [-0.39, 0.29) is 23.8 Å². The number of hydrogen-bond donors (Lipinski definition) is 2. The largest absolute Gasteiger partial charge is 0.352 e. The number of rotatable bonds is 6. The Morgan fingerprint density at radius 3 is 2.41 bits per heavy atom. The molecule has 2 amide bonds. The van der Waals surface area contributed by atoms with Gasteiger partial charge in [-0.3, -0.25) is 9.59 Å². The van der Waals surface area contributed by atoms with E-state index in [0.717, 1.165) is 37.7 Å². The van der Waals surface area contributed by atoms with Crippen molar-refractivity contribution in [1.82, 2.24) is 10.6 Å². The molecule has 1 fully saturated rings. The standard InChI is InChI=1S/C18H26N2O2/c1-3-13(2)20-18(22)16-10-8-14(9-11-16)12-19-17(21)15-6-4-5-7-15/h8-11,13,15H,3-7,12H2,1-2H3,(H,19,21)(H,20,22)/t13-/m0/s1. The predicted molar refractivity (Wildman–Crippen MR) is 87.5 cm³/mol. The van der Waals surface area contributed by atoms with Crippen molar-refractivity contribution in [3.8, 4) is 0 Å². The first-order valence-electron chi connectivity index (χ1n) is 8.27. The Labute approximate surface area is 132 Å². The van der Waals surface area contributed by atoms with E-state index in [4.69, 9.17) is 0 Å². The minimum atomic E-state index is -0.0455. The maximum absolute atomic E-state index is 12.0. The maximum Gasteiger partial charge on any atom is 0.251 e. The molecule has 120 valence electrons. The SMILES string of the molecule is CC[C@H](C)NC(=O)c1ccc(CNC(=O)C2CCCC2)cc1. The summed E-state index contributed by atoms with van der Waals surface area (Å²) in [6.45, 7) is 4.56. The van der Waals surface area contributed by atoms with Gasteiger partial charge in [0.2, 0.25) is 5.91 Å². The van der Waals surface area contributed by atoms with Crippen LogP contribution in [-0.2, 0) is 11.3 Å². The molecule has 4 heteroatoms. The summed E-state index contributed by atoms with van der Waals surface area (Å²) in [7, 11) is 0. The van der Waals surface area contributed by atoms with Crippen molar-refractivity contribution >= 4 is 11.8 Å². The topological polar surface area (TPSA) is 58.2 Å². The fourth-order valence-electron chi connectivity index (χ4n) is 2.70. The van der Waals surface area contributed by atoms with Crippen molar-refractivity contribution in [3.63, 3.8) is 0 Å². The fraction of sp³-hybridized carbons (Fsp3) is 0.556. The summed E-state index contributed by atoms with van der Waals surface area (Å²) in [4.78, 5) is 24.0. The Morgan fingerprint density at radius 1 is 1.18 bits per heavy atom. The summed E-state index contributed by atoms with van der Waals surface area (Å²) in [6, 6.07) is 7.61. The highest BCUT2D eigenvalue weighted by Gasteiger charge is 2.22. The number of hydrogen-bond acceptors (Lipinski definition) is 2. The van der Waals surface area contributed by atoms with Gasteiger partial charge < -0.3 is 10.6 Å². The quantitative estimate of drug-likeness (QED) is 0.848. The minimum Gasteiger partial charge on any atom is -0.352 e. The normalized spacial score (nSPS) is 16.3. The Hall–Kier alpha value is -1.84. The number of carbonyl (C=O) groups is 2. The first kappa shape index (κ1) is 16.5. The lowest BCUT2D eigenvalue weighted by Crippen LogP contribution is -2.32. The monoisotopic (exact) mass is 302 g/mol. The molecule has 1 aromatic rings.